The minimum atomic E-state index is 0.176. The van der Waals surface area contributed by atoms with Gasteiger partial charge in [-0.3, -0.25) is 0 Å². The molecule has 16 heavy (non-hydrogen) atoms. The van der Waals surface area contributed by atoms with Gasteiger partial charge in [-0.1, -0.05) is 27.7 Å². The molecule has 0 radical (unpaired) electrons. The van der Waals surface area contributed by atoms with E-state index >= 15 is 0 Å². The molecule has 2 unspecified atom stereocenters. The fourth-order valence-corrected chi connectivity index (χ4v) is 2.16. The van der Waals surface area contributed by atoms with Crippen molar-refractivity contribution in [1.82, 2.24) is 5.32 Å². The van der Waals surface area contributed by atoms with Gasteiger partial charge in [-0.15, -0.1) is 0 Å². The standard InChI is InChI=1S/C13H27NO2/c1-9(2)8-16-12-6-11(13(12,4)5)14-10(3)7-15/h9-12,14-15H,6-8H2,1-5H3/t10-,11?,12?/m1/s1. The van der Waals surface area contributed by atoms with Gasteiger partial charge in [0.2, 0.25) is 0 Å². The normalized spacial score (nSPS) is 30.2. The molecule has 0 aromatic carbocycles. The molecule has 2 N–H and O–H groups in total. The lowest BCUT2D eigenvalue weighted by atomic mass is 9.64. The third kappa shape index (κ3) is 3.19. The zero-order valence-corrected chi connectivity index (χ0v) is 11.3. The van der Waals surface area contributed by atoms with Crippen molar-refractivity contribution in [2.45, 2.75) is 59.2 Å². The van der Waals surface area contributed by atoms with E-state index in [4.69, 9.17) is 9.84 Å². The summed E-state index contributed by atoms with van der Waals surface area (Å²) in [5.41, 5.74) is 0.179. The Kier molecular flexibility index (Phi) is 4.77. The van der Waals surface area contributed by atoms with Crippen LogP contribution in [0.4, 0.5) is 0 Å². The van der Waals surface area contributed by atoms with Gasteiger partial charge in [0.1, 0.15) is 0 Å². The van der Waals surface area contributed by atoms with Gasteiger partial charge < -0.3 is 15.2 Å². The second-order valence-electron chi connectivity index (χ2n) is 6.08. The first-order valence-electron chi connectivity index (χ1n) is 6.36. The maximum absolute atomic E-state index is 9.02. The molecule has 0 heterocycles. The highest BCUT2D eigenvalue weighted by Crippen LogP contribution is 2.43. The van der Waals surface area contributed by atoms with E-state index in [0.29, 0.717) is 18.1 Å². The van der Waals surface area contributed by atoms with Crippen molar-refractivity contribution >= 4 is 0 Å². The second kappa shape index (κ2) is 5.48. The number of hydrogen-bond donors (Lipinski definition) is 2. The smallest absolute Gasteiger partial charge is 0.0656 e. The number of ether oxygens (including phenoxy) is 1. The Hall–Kier alpha value is -0.120. The molecule has 0 saturated heterocycles. The maximum atomic E-state index is 9.02. The Labute approximate surface area is 99.6 Å². The van der Waals surface area contributed by atoms with Crippen LogP contribution >= 0.6 is 0 Å². The van der Waals surface area contributed by atoms with Crippen LogP contribution in [0.15, 0.2) is 0 Å². The molecule has 0 aliphatic heterocycles. The van der Waals surface area contributed by atoms with Gasteiger partial charge in [-0.25, -0.2) is 0 Å². The van der Waals surface area contributed by atoms with Crippen molar-refractivity contribution in [3.63, 3.8) is 0 Å². The van der Waals surface area contributed by atoms with Crippen molar-refractivity contribution < 1.29 is 9.84 Å². The molecule has 96 valence electrons. The summed E-state index contributed by atoms with van der Waals surface area (Å²) >= 11 is 0. The zero-order valence-electron chi connectivity index (χ0n) is 11.3. The van der Waals surface area contributed by atoms with Crippen LogP contribution < -0.4 is 5.32 Å². The predicted molar refractivity (Wildman–Crippen MR) is 66.4 cm³/mol. The number of hydrogen-bond acceptors (Lipinski definition) is 3. The largest absolute Gasteiger partial charge is 0.395 e. The fourth-order valence-electron chi connectivity index (χ4n) is 2.16. The van der Waals surface area contributed by atoms with Gasteiger partial charge in [0, 0.05) is 24.1 Å². The second-order valence-corrected chi connectivity index (χ2v) is 6.08. The lowest BCUT2D eigenvalue weighted by molar-refractivity contribution is -0.126. The van der Waals surface area contributed by atoms with Gasteiger partial charge >= 0.3 is 0 Å². The van der Waals surface area contributed by atoms with Gasteiger partial charge in [0.05, 0.1) is 12.7 Å². The molecule has 3 nitrogen and oxygen atoms in total. The summed E-state index contributed by atoms with van der Waals surface area (Å²) in [5, 5.41) is 12.5. The Balaban J connectivity index is 2.35. The van der Waals surface area contributed by atoms with Crippen LogP contribution in [0.3, 0.4) is 0 Å². The quantitative estimate of drug-likeness (QED) is 0.729. The Bertz CT molecular complexity index is 216. The zero-order chi connectivity index (χ0) is 12.3. The van der Waals surface area contributed by atoms with Crippen LogP contribution in [0, 0.1) is 11.3 Å². The van der Waals surface area contributed by atoms with Gasteiger partial charge in [0.15, 0.2) is 0 Å². The van der Waals surface area contributed by atoms with Gasteiger partial charge in [-0.2, -0.15) is 0 Å². The minimum Gasteiger partial charge on any atom is -0.395 e. The highest BCUT2D eigenvalue weighted by Gasteiger charge is 2.49. The van der Waals surface area contributed by atoms with E-state index in [1.165, 1.54) is 0 Å². The Morgan fingerprint density at radius 1 is 1.38 bits per heavy atom. The van der Waals surface area contributed by atoms with E-state index in [1.54, 1.807) is 0 Å². The lowest BCUT2D eigenvalue weighted by Gasteiger charge is -2.52. The van der Waals surface area contributed by atoms with Gasteiger partial charge in [0.25, 0.3) is 0 Å². The van der Waals surface area contributed by atoms with E-state index in [9.17, 15) is 0 Å². The van der Waals surface area contributed by atoms with Crippen molar-refractivity contribution in [1.29, 1.82) is 0 Å². The van der Waals surface area contributed by atoms with E-state index < -0.39 is 0 Å². The van der Waals surface area contributed by atoms with Crippen molar-refractivity contribution in [2.24, 2.45) is 11.3 Å². The number of aliphatic hydroxyl groups is 1. The maximum Gasteiger partial charge on any atom is 0.0656 e. The number of aliphatic hydroxyl groups excluding tert-OH is 1. The molecule has 0 amide bonds. The molecule has 1 fully saturated rings. The summed E-state index contributed by atoms with van der Waals surface area (Å²) in [4.78, 5) is 0. The SMILES string of the molecule is CC(C)COC1CC(N[C@H](C)CO)C1(C)C. The highest BCUT2D eigenvalue weighted by molar-refractivity contribution is 5.03. The molecule has 1 aliphatic carbocycles. The molecule has 1 rings (SSSR count). The van der Waals surface area contributed by atoms with Crippen molar-refractivity contribution in [3.8, 4) is 0 Å². The molecule has 1 saturated carbocycles. The average molecular weight is 229 g/mol. The first-order valence-corrected chi connectivity index (χ1v) is 6.36. The summed E-state index contributed by atoms with van der Waals surface area (Å²) in [5.74, 6) is 0.596. The lowest BCUT2D eigenvalue weighted by Crippen LogP contribution is -2.63. The molecule has 0 spiro atoms. The first kappa shape index (κ1) is 13.9. The molecular formula is C13H27NO2. The van der Waals surface area contributed by atoms with E-state index in [0.717, 1.165) is 13.0 Å². The summed E-state index contributed by atoms with van der Waals surface area (Å²) in [6, 6.07) is 0.641. The molecular weight excluding hydrogens is 202 g/mol. The summed E-state index contributed by atoms with van der Waals surface area (Å²) in [7, 11) is 0. The predicted octanol–water partition coefficient (Wildman–Crippen LogP) is 1.80. The molecule has 1 aliphatic rings. The fraction of sp³-hybridized carbons (Fsp3) is 1.00. The first-order chi connectivity index (χ1) is 7.37. The van der Waals surface area contributed by atoms with Crippen molar-refractivity contribution in [2.75, 3.05) is 13.2 Å². The molecule has 3 atom stereocenters. The third-order valence-electron chi connectivity index (χ3n) is 3.57. The van der Waals surface area contributed by atoms with Crippen LogP contribution in [0.2, 0.25) is 0 Å². The van der Waals surface area contributed by atoms with Crippen LogP contribution in [-0.2, 0) is 4.74 Å². The van der Waals surface area contributed by atoms with Gasteiger partial charge in [-0.05, 0) is 19.3 Å². The summed E-state index contributed by atoms with van der Waals surface area (Å²) in [6.07, 6.45) is 1.42. The third-order valence-corrected chi connectivity index (χ3v) is 3.57. The number of rotatable bonds is 6. The topological polar surface area (TPSA) is 41.5 Å². The molecule has 0 aromatic rings. The van der Waals surface area contributed by atoms with Crippen LogP contribution in [0.25, 0.3) is 0 Å². The summed E-state index contributed by atoms with van der Waals surface area (Å²) < 4.78 is 5.90. The molecule has 0 bridgehead atoms. The van der Waals surface area contributed by atoms with E-state index in [2.05, 4.69) is 33.0 Å². The van der Waals surface area contributed by atoms with E-state index in [-0.39, 0.29) is 18.1 Å². The van der Waals surface area contributed by atoms with E-state index in [1.807, 2.05) is 6.92 Å². The Morgan fingerprint density at radius 2 is 2.00 bits per heavy atom. The minimum absolute atomic E-state index is 0.176. The Morgan fingerprint density at radius 3 is 2.44 bits per heavy atom. The molecule has 3 heteroatoms. The average Bonchev–Trinajstić information content (AvgIpc) is 2.21. The van der Waals surface area contributed by atoms with Crippen LogP contribution in [-0.4, -0.2) is 36.5 Å². The molecule has 0 aromatic heterocycles. The monoisotopic (exact) mass is 229 g/mol. The van der Waals surface area contributed by atoms with Crippen LogP contribution in [0.5, 0.6) is 0 Å². The highest BCUT2D eigenvalue weighted by atomic mass is 16.5. The van der Waals surface area contributed by atoms with Crippen LogP contribution in [0.1, 0.15) is 41.0 Å². The van der Waals surface area contributed by atoms with Crippen molar-refractivity contribution in [3.05, 3.63) is 0 Å². The summed E-state index contributed by atoms with van der Waals surface area (Å²) in [6.45, 7) is 11.9. The number of nitrogens with one attached hydrogen (secondary N) is 1.